The number of benzene rings is 2. The molecule has 0 unspecified atom stereocenters. The highest BCUT2D eigenvalue weighted by molar-refractivity contribution is 6.31. The lowest BCUT2D eigenvalue weighted by atomic mass is 10.1. The number of nitrogens with two attached hydrogens (primary N) is 1. The molecule has 0 amide bonds. The van der Waals surface area contributed by atoms with Gasteiger partial charge in [0.2, 0.25) is 0 Å². The van der Waals surface area contributed by atoms with Gasteiger partial charge >= 0.3 is 0 Å². The molecule has 0 spiro atoms. The van der Waals surface area contributed by atoms with Gasteiger partial charge in [0.1, 0.15) is 0 Å². The number of aromatic nitrogens is 2. The molecule has 3 N–H and O–H groups in total. The fourth-order valence-corrected chi connectivity index (χ4v) is 2.29. The maximum atomic E-state index is 8.90. The molecule has 1 heterocycles. The SMILES string of the molecule is NC(=NO)c1cc(Cl)ccc1-n1ncc2ccccc21. The molecule has 0 bridgehead atoms. The van der Waals surface area contributed by atoms with E-state index in [-0.39, 0.29) is 5.84 Å². The highest BCUT2D eigenvalue weighted by Gasteiger charge is 2.12. The number of halogens is 1. The van der Waals surface area contributed by atoms with E-state index in [0.717, 1.165) is 10.9 Å². The Hall–Kier alpha value is -2.53. The van der Waals surface area contributed by atoms with Crippen molar-refractivity contribution in [1.82, 2.24) is 9.78 Å². The highest BCUT2D eigenvalue weighted by atomic mass is 35.5. The molecule has 0 saturated carbocycles. The quantitative estimate of drug-likeness (QED) is 0.329. The van der Waals surface area contributed by atoms with Gasteiger partial charge < -0.3 is 10.9 Å². The van der Waals surface area contributed by atoms with Gasteiger partial charge in [-0.3, -0.25) is 0 Å². The van der Waals surface area contributed by atoms with Crippen LogP contribution in [0.15, 0.2) is 53.8 Å². The van der Waals surface area contributed by atoms with Crippen LogP contribution in [0.2, 0.25) is 5.02 Å². The minimum absolute atomic E-state index is 0.0120. The van der Waals surface area contributed by atoms with Crippen molar-refractivity contribution in [3.8, 4) is 5.69 Å². The Balaban J connectivity index is 2.29. The molecule has 20 heavy (non-hydrogen) atoms. The molecule has 6 heteroatoms. The zero-order valence-electron chi connectivity index (χ0n) is 10.4. The van der Waals surface area contributed by atoms with Crippen molar-refractivity contribution in [2.45, 2.75) is 0 Å². The topological polar surface area (TPSA) is 76.4 Å². The lowest BCUT2D eigenvalue weighted by molar-refractivity contribution is 0.318. The van der Waals surface area contributed by atoms with Crippen LogP contribution >= 0.6 is 11.6 Å². The summed E-state index contributed by atoms with van der Waals surface area (Å²) in [7, 11) is 0. The summed E-state index contributed by atoms with van der Waals surface area (Å²) >= 11 is 5.98. The number of hydrogen-bond acceptors (Lipinski definition) is 3. The van der Waals surface area contributed by atoms with Crippen LogP contribution in [-0.4, -0.2) is 20.8 Å². The predicted octanol–water partition coefficient (Wildman–Crippen LogP) is 2.77. The summed E-state index contributed by atoms with van der Waals surface area (Å²) in [6.07, 6.45) is 1.76. The van der Waals surface area contributed by atoms with E-state index in [9.17, 15) is 0 Å². The van der Waals surface area contributed by atoms with Crippen LogP contribution in [0.25, 0.3) is 16.6 Å². The third kappa shape index (κ3) is 1.98. The van der Waals surface area contributed by atoms with Gasteiger partial charge in [-0.2, -0.15) is 5.10 Å². The second kappa shape index (κ2) is 4.86. The van der Waals surface area contributed by atoms with Crippen molar-refractivity contribution in [2.75, 3.05) is 0 Å². The Morgan fingerprint density at radius 2 is 2.05 bits per heavy atom. The van der Waals surface area contributed by atoms with Crippen molar-refractivity contribution >= 4 is 28.3 Å². The first-order valence-corrected chi connectivity index (χ1v) is 6.29. The third-order valence-corrected chi connectivity index (χ3v) is 3.28. The fraction of sp³-hybridized carbons (Fsp3) is 0. The first-order valence-electron chi connectivity index (χ1n) is 5.91. The Labute approximate surface area is 119 Å². The van der Waals surface area contributed by atoms with Gasteiger partial charge in [-0.1, -0.05) is 35.0 Å². The lowest BCUT2D eigenvalue weighted by Crippen LogP contribution is -2.16. The molecule has 5 nitrogen and oxygen atoms in total. The predicted molar refractivity (Wildman–Crippen MR) is 78.6 cm³/mol. The lowest BCUT2D eigenvalue weighted by Gasteiger charge is -2.10. The number of hydrogen-bond donors (Lipinski definition) is 2. The Bertz CT molecular complexity index is 810. The smallest absolute Gasteiger partial charge is 0.172 e. The molecule has 2 aromatic carbocycles. The summed E-state index contributed by atoms with van der Waals surface area (Å²) in [6.45, 7) is 0. The van der Waals surface area contributed by atoms with Gasteiger partial charge in [0, 0.05) is 16.0 Å². The second-order valence-corrected chi connectivity index (χ2v) is 4.70. The molecular weight excluding hydrogens is 276 g/mol. The Morgan fingerprint density at radius 3 is 2.85 bits per heavy atom. The summed E-state index contributed by atoms with van der Waals surface area (Å²) in [6, 6.07) is 13.0. The normalized spacial score (nSPS) is 11.9. The number of para-hydroxylation sites is 1. The van der Waals surface area contributed by atoms with E-state index in [0.29, 0.717) is 16.3 Å². The average Bonchev–Trinajstić information content (AvgIpc) is 2.90. The molecule has 0 atom stereocenters. The zero-order valence-corrected chi connectivity index (χ0v) is 11.1. The first-order chi connectivity index (χ1) is 9.70. The van der Waals surface area contributed by atoms with Gasteiger partial charge in [0.25, 0.3) is 0 Å². The molecule has 0 aliphatic rings. The molecule has 0 saturated heterocycles. The highest BCUT2D eigenvalue weighted by Crippen LogP contribution is 2.23. The van der Waals surface area contributed by atoms with Crippen LogP contribution in [0, 0.1) is 0 Å². The van der Waals surface area contributed by atoms with Crippen LogP contribution in [0.3, 0.4) is 0 Å². The number of oxime groups is 1. The van der Waals surface area contributed by atoms with E-state index >= 15 is 0 Å². The molecule has 0 aliphatic heterocycles. The maximum Gasteiger partial charge on any atom is 0.172 e. The van der Waals surface area contributed by atoms with Crippen molar-refractivity contribution in [2.24, 2.45) is 10.9 Å². The van der Waals surface area contributed by atoms with Gasteiger partial charge in [-0.25, -0.2) is 4.68 Å². The van der Waals surface area contributed by atoms with E-state index < -0.39 is 0 Å². The Morgan fingerprint density at radius 1 is 1.25 bits per heavy atom. The largest absolute Gasteiger partial charge is 0.409 e. The zero-order chi connectivity index (χ0) is 14.1. The van der Waals surface area contributed by atoms with Crippen LogP contribution in [0.5, 0.6) is 0 Å². The van der Waals surface area contributed by atoms with E-state index in [1.807, 2.05) is 24.3 Å². The first kappa shape index (κ1) is 12.5. The number of amidine groups is 1. The third-order valence-electron chi connectivity index (χ3n) is 3.05. The van der Waals surface area contributed by atoms with E-state index in [1.165, 1.54) is 0 Å². The van der Waals surface area contributed by atoms with Gasteiger partial charge in [0.15, 0.2) is 5.84 Å². The van der Waals surface area contributed by atoms with Gasteiger partial charge in [0.05, 0.1) is 17.4 Å². The van der Waals surface area contributed by atoms with Crippen molar-refractivity contribution in [1.29, 1.82) is 0 Å². The summed E-state index contributed by atoms with van der Waals surface area (Å²) in [5.74, 6) is -0.0120. The summed E-state index contributed by atoms with van der Waals surface area (Å²) < 4.78 is 1.74. The molecule has 100 valence electrons. The molecular formula is C14H11ClN4O. The van der Waals surface area contributed by atoms with E-state index in [1.54, 1.807) is 29.1 Å². The molecule has 0 radical (unpaired) electrons. The van der Waals surface area contributed by atoms with Crippen LogP contribution in [0.1, 0.15) is 5.56 Å². The molecule has 0 fully saturated rings. The number of nitrogens with zero attached hydrogens (tertiary/aromatic N) is 3. The number of rotatable bonds is 2. The standard InChI is InChI=1S/C14H11ClN4O/c15-10-5-6-13(11(7-10)14(16)18-20)19-12-4-2-1-3-9(12)8-17-19/h1-8,20H,(H2,16,18). The monoisotopic (exact) mass is 286 g/mol. The maximum absolute atomic E-state index is 8.90. The minimum Gasteiger partial charge on any atom is -0.409 e. The van der Waals surface area contributed by atoms with Crippen molar-refractivity contribution in [3.63, 3.8) is 0 Å². The molecule has 1 aromatic heterocycles. The average molecular weight is 287 g/mol. The summed E-state index contributed by atoms with van der Waals surface area (Å²) in [5.41, 5.74) is 7.87. The van der Waals surface area contributed by atoms with Crippen molar-refractivity contribution in [3.05, 3.63) is 59.2 Å². The number of fused-ring (bicyclic) bond motifs is 1. The molecule has 3 aromatic rings. The fourth-order valence-electron chi connectivity index (χ4n) is 2.12. The molecule has 0 aliphatic carbocycles. The van der Waals surface area contributed by atoms with E-state index in [2.05, 4.69) is 10.3 Å². The van der Waals surface area contributed by atoms with Crippen LogP contribution in [-0.2, 0) is 0 Å². The minimum atomic E-state index is -0.0120. The second-order valence-electron chi connectivity index (χ2n) is 4.26. The van der Waals surface area contributed by atoms with E-state index in [4.69, 9.17) is 22.5 Å². The van der Waals surface area contributed by atoms with Crippen molar-refractivity contribution < 1.29 is 5.21 Å². The summed E-state index contributed by atoms with van der Waals surface area (Å²) in [4.78, 5) is 0. The summed E-state index contributed by atoms with van der Waals surface area (Å²) in [5, 5.41) is 17.8. The van der Waals surface area contributed by atoms with Crippen LogP contribution < -0.4 is 5.73 Å². The van der Waals surface area contributed by atoms with Gasteiger partial charge in [-0.05, 0) is 24.3 Å². The Kier molecular flexibility index (Phi) is 3.04. The van der Waals surface area contributed by atoms with Gasteiger partial charge in [-0.15, -0.1) is 0 Å². The van der Waals surface area contributed by atoms with Crippen LogP contribution in [0.4, 0.5) is 0 Å². The molecule has 3 rings (SSSR count).